The highest BCUT2D eigenvalue weighted by Gasteiger charge is 2.42. The van der Waals surface area contributed by atoms with Gasteiger partial charge in [0, 0.05) is 0 Å². The third-order valence-electron chi connectivity index (χ3n) is 3.54. The van der Waals surface area contributed by atoms with E-state index >= 15 is 0 Å². The van der Waals surface area contributed by atoms with E-state index in [1.807, 2.05) is 0 Å². The van der Waals surface area contributed by atoms with E-state index in [2.05, 4.69) is 11.9 Å². The number of aromatic nitrogens is 1. The van der Waals surface area contributed by atoms with Gasteiger partial charge in [-0.2, -0.15) is 0 Å². The zero-order chi connectivity index (χ0) is 17.0. The molecule has 126 valence electrons. The van der Waals surface area contributed by atoms with Crippen LogP contribution >= 0.6 is 0 Å². The Bertz CT molecular complexity index is 601. The molecule has 2 heterocycles. The molecule has 0 radical (unpaired) electrons. The third-order valence-corrected chi connectivity index (χ3v) is 3.54. The number of amides is 1. The van der Waals surface area contributed by atoms with Crippen molar-refractivity contribution in [3.05, 3.63) is 12.1 Å². The van der Waals surface area contributed by atoms with Crippen molar-refractivity contribution in [2.24, 2.45) is 0 Å². The van der Waals surface area contributed by atoms with Crippen molar-refractivity contribution in [2.45, 2.75) is 45.6 Å². The maximum atomic E-state index is 12.5. The largest absolute Gasteiger partial charge is 0.474 e. The Morgan fingerprint density at radius 2 is 2.13 bits per heavy atom. The van der Waals surface area contributed by atoms with Gasteiger partial charge in [0.05, 0.1) is 6.61 Å². The molecule has 1 aromatic heterocycles. The Morgan fingerprint density at radius 1 is 1.39 bits per heavy atom. The lowest BCUT2D eigenvalue weighted by Gasteiger charge is -2.37. The smallest absolute Gasteiger partial charge is 0.326 e. The number of rotatable bonds is 6. The number of nitrogens with zero attached hydrogens (tertiary/aromatic N) is 2. The maximum Gasteiger partial charge on any atom is 0.326 e. The quantitative estimate of drug-likeness (QED) is 0.635. The molecule has 1 amide bonds. The third kappa shape index (κ3) is 3.91. The van der Waals surface area contributed by atoms with Crippen LogP contribution in [0.15, 0.2) is 12.1 Å². The van der Waals surface area contributed by atoms with E-state index < -0.39 is 11.6 Å². The Morgan fingerprint density at radius 3 is 2.83 bits per heavy atom. The predicted octanol–water partition coefficient (Wildman–Crippen LogP) is 1.90. The molecule has 0 unspecified atom stereocenters. The summed E-state index contributed by atoms with van der Waals surface area (Å²) in [5.74, 6) is 0.0968. The SMILES string of the molecule is CCCCCOC(=O)CN1C(=O)C(C)(C)Oc2ccc(N)nc21. The molecule has 1 aromatic rings. The first-order chi connectivity index (χ1) is 10.8. The van der Waals surface area contributed by atoms with Gasteiger partial charge in [0.25, 0.3) is 5.91 Å². The second kappa shape index (κ2) is 6.85. The number of unbranched alkanes of at least 4 members (excludes halogenated alkanes) is 2. The van der Waals surface area contributed by atoms with Crippen LogP contribution < -0.4 is 15.4 Å². The molecule has 7 heteroatoms. The first-order valence-electron chi connectivity index (χ1n) is 7.78. The molecule has 7 nitrogen and oxygen atoms in total. The monoisotopic (exact) mass is 321 g/mol. The minimum atomic E-state index is -1.08. The van der Waals surface area contributed by atoms with Gasteiger partial charge in [-0.15, -0.1) is 0 Å². The van der Waals surface area contributed by atoms with Gasteiger partial charge in [-0.3, -0.25) is 14.5 Å². The van der Waals surface area contributed by atoms with Crippen molar-refractivity contribution in [3.63, 3.8) is 0 Å². The average Bonchev–Trinajstić information content (AvgIpc) is 2.49. The van der Waals surface area contributed by atoms with E-state index in [4.69, 9.17) is 15.2 Å². The number of nitrogen functional groups attached to an aromatic ring is 1. The van der Waals surface area contributed by atoms with Gasteiger partial charge in [-0.05, 0) is 32.4 Å². The van der Waals surface area contributed by atoms with Gasteiger partial charge >= 0.3 is 5.97 Å². The van der Waals surface area contributed by atoms with Crippen LogP contribution in [-0.4, -0.2) is 35.6 Å². The molecule has 2 rings (SSSR count). The topological polar surface area (TPSA) is 94.8 Å². The number of hydrogen-bond acceptors (Lipinski definition) is 6. The van der Waals surface area contributed by atoms with E-state index in [0.717, 1.165) is 19.3 Å². The molecule has 0 saturated carbocycles. The molecule has 0 fully saturated rings. The second-order valence-electron chi connectivity index (χ2n) is 5.99. The number of carbonyl (C=O) groups excluding carboxylic acids is 2. The summed E-state index contributed by atoms with van der Waals surface area (Å²) in [7, 11) is 0. The predicted molar refractivity (Wildman–Crippen MR) is 86.2 cm³/mol. The maximum absolute atomic E-state index is 12.5. The summed E-state index contributed by atoms with van der Waals surface area (Å²) in [6, 6.07) is 3.23. The van der Waals surface area contributed by atoms with Crippen LogP contribution in [0.3, 0.4) is 0 Å². The molecule has 0 aliphatic carbocycles. The molecule has 2 N–H and O–H groups in total. The number of anilines is 2. The molecule has 1 aliphatic rings. The lowest BCUT2D eigenvalue weighted by Crippen LogP contribution is -2.54. The number of carbonyl (C=O) groups is 2. The summed E-state index contributed by atoms with van der Waals surface area (Å²) in [5.41, 5.74) is 4.60. The minimum absolute atomic E-state index is 0.207. The fourth-order valence-electron chi connectivity index (χ4n) is 2.32. The van der Waals surface area contributed by atoms with Gasteiger partial charge in [0.1, 0.15) is 12.4 Å². The second-order valence-corrected chi connectivity index (χ2v) is 5.99. The summed E-state index contributed by atoms with van der Waals surface area (Å²) in [5, 5.41) is 0. The van der Waals surface area contributed by atoms with Crippen LogP contribution in [0.2, 0.25) is 0 Å². The summed E-state index contributed by atoms with van der Waals surface area (Å²) in [6.45, 7) is 5.51. The Balaban J connectivity index is 2.14. The first-order valence-corrected chi connectivity index (χ1v) is 7.78. The van der Waals surface area contributed by atoms with Crippen molar-refractivity contribution in [1.29, 1.82) is 0 Å². The van der Waals surface area contributed by atoms with E-state index in [-0.39, 0.29) is 24.1 Å². The molecular formula is C16H23N3O4. The highest BCUT2D eigenvalue weighted by molar-refractivity contribution is 6.04. The zero-order valence-electron chi connectivity index (χ0n) is 13.8. The normalized spacial score (nSPS) is 15.8. The van der Waals surface area contributed by atoms with Gasteiger partial charge < -0.3 is 15.2 Å². The number of nitrogens with two attached hydrogens (primary N) is 1. The summed E-state index contributed by atoms with van der Waals surface area (Å²) in [6.07, 6.45) is 2.86. The molecule has 1 aliphatic heterocycles. The van der Waals surface area contributed by atoms with Crippen LogP contribution in [0, 0.1) is 0 Å². The van der Waals surface area contributed by atoms with Gasteiger partial charge in [-0.25, -0.2) is 4.98 Å². The van der Waals surface area contributed by atoms with Gasteiger partial charge in [0.15, 0.2) is 17.2 Å². The van der Waals surface area contributed by atoms with E-state index in [0.29, 0.717) is 12.4 Å². The minimum Gasteiger partial charge on any atom is -0.474 e. The van der Waals surface area contributed by atoms with Crippen molar-refractivity contribution < 1.29 is 19.1 Å². The van der Waals surface area contributed by atoms with E-state index in [9.17, 15) is 9.59 Å². The number of fused-ring (bicyclic) bond motifs is 1. The Kier molecular flexibility index (Phi) is 5.08. The van der Waals surface area contributed by atoms with Crippen LogP contribution in [-0.2, 0) is 14.3 Å². The molecular weight excluding hydrogens is 298 g/mol. The van der Waals surface area contributed by atoms with Crippen molar-refractivity contribution in [2.75, 3.05) is 23.8 Å². The van der Waals surface area contributed by atoms with E-state index in [1.54, 1.807) is 26.0 Å². The number of pyridine rings is 1. The van der Waals surface area contributed by atoms with Crippen molar-refractivity contribution in [1.82, 2.24) is 4.98 Å². The molecule has 0 bridgehead atoms. The zero-order valence-corrected chi connectivity index (χ0v) is 13.8. The van der Waals surface area contributed by atoms with Gasteiger partial charge in [-0.1, -0.05) is 19.8 Å². The van der Waals surface area contributed by atoms with Crippen molar-refractivity contribution in [3.8, 4) is 5.75 Å². The first kappa shape index (κ1) is 17.1. The summed E-state index contributed by atoms with van der Waals surface area (Å²) in [4.78, 5) is 30.0. The fraction of sp³-hybridized carbons (Fsp3) is 0.562. The standard InChI is InChI=1S/C16H23N3O4/c1-4-5-6-9-22-13(20)10-19-14-11(7-8-12(17)18-14)23-16(2,3)15(19)21/h7-8H,4-6,9-10H2,1-3H3,(H2,17,18). The molecule has 0 atom stereocenters. The average molecular weight is 321 g/mol. The fourth-order valence-corrected chi connectivity index (χ4v) is 2.32. The van der Waals surface area contributed by atoms with Crippen LogP contribution in [0.25, 0.3) is 0 Å². The molecule has 23 heavy (non-hydrogen) atoms. The molecule has 0 saturated heterocycles. The molecule has 0 spiro atoms. The lowest BCUT2D eigenvalue weighted by atomic mass is 10.1. The van der Waals surface area contributed by atoms with Crippen LogP contribution in [0.1, 0.15) is 40.0 Å². The van der Waals surface area contributed by atoms with Crippen molar-refractivity contribution >= 4 is 23.5 Å². The number of ether oxygens (including phenoxy) is 2. The van der Waals surface area contributed by atoms with Crippen LogP contribution in [0.4, 0.5) is 11.6 Å². The lowest BCUT2D eigenvalue weighted by molar-refractivity contribution is -0.144. The Labute approximate surface area is 135 Å². The summed E-state index contributed by atoms with van der Waals surface area (Å²) >= 11 is 0. The van der Waals surface area contributed by atoms with Crippen LogP contribution in [0.5, 0.6) is 5.75 Å². The highest BCUT2D eigenvalue weighted by Crippen LogP contribution is 2.36. The Hall–Kier alpha value is -2.31. The number of hydrogen-bond donors (Lipinski definition) is 1. The highest BCUT2D eigenvalue weighted by atomic mass is 16.5. The molecule has 0 aromatic carbocycles. The van der Waals surface area contributed by atoms with E-state index in [1.165, 1.54) is 4.90 Å². The van der Waals surface area contributed by atoms with Gasteiger partial charge in [0.2, 0.25) is 0 Å². The summed E-state index contributed by atoms with van der Waals surface area (Å²) < 4.78 is 10.8. The number of esters is 1.